The number of anilines is 1. The van der Waals surface area contributed by atoms with Gasteiger partial charge < -0.3 is 9.88 Å². The molecule has 1 N–H and O–H groups in total. The molecule has 0 fully saturated rings. The van der Waals surface area contributed by atoms with Crippen LogP contribution in [0.1, 0.15) is 22.6 Å². The first kappa shape index (κ1) is 18.1. The quantitative estimate of drug-likeness (QED) is 0.576. The van der Waals surface area contributed by atoms with Crippen molar-refractivity contribution in [3.63, 3.8) is 0 Å². The number of carbonyl (C=O) groups is 1. The number of alkyl halides is 1. The number of fused-ring (bicyclic) bond motifs is 1. The predicted molar refractivity (Wildman–Crippen MR) is 104 cm³/mol. The number of imidazole rings is 1. The smallest absolute Gasteiger partial charge is 0.258 e. The average Bonchev–Trinajstić information content (AvgIpc) is 2.89. The molecule has 4 nitrogen and oxygen atoms in total. The Hall–Kier alpha value is -1.75. The Morgan fingerprint density at radius 3 is 2.52 bits per heavy atom. The highest BCUT2D eigenvalue weighted by Crippen LogP contribution is 2.28. The summed E-state index contributed by atoms with van der Waals surface area (Å²) in [5, 5.41) is 3.48. The summed E-state index contributed by atoms with van der Waals surface area (Å²) in [5.74, 6) is 1.09. The van der Waals surface area contributed by atoms with Gasteiger partial charge in [0.05, 0.1) is 26.8 Å². The first-order valence-electron chi connectivity index (χ1n) is 7.80. The summed E-state index contributed by atoms with van der Waals surface area (Å²) in [4.78, 5) is 17.2. The molecule has 0 unspecified atom stereocenters. The number of aryl methyl sites for hydroxylation is 2. The molecule has 0 bridgehead atoms. The molecule has 1 heterocycles. The largest absolute Gasteiger partial charge is 0.328 e. The van der Waals surface area contributed by atoms with Gasteiger partial charge in [-0.2, -0.15) is 0 Å². The molecule has 2 aromatic carbocycles. The zero-order valence-corrected chi connectivity index (χ0v) is 15.8. The van der Waals surface area contributed by atoms with Crippen molar-refractivity contribution >= 4 is 57.4 Å². The van der Waals surface area contributed by atoms with Gasteiger partial charge in [-0.25, -0.2) is 4.98 Å². The number of nitrogens with one attached hydrogen (secondary N) is 1. The first-order chi connectivity index (χ1) is 12.0. The van der Waals surface area contributed by atoms with E-state index in [0.717, 1.165) is 29.8 Å². The van der Waals surface area contributed by atoms with Crippen LogP contribution in [0.2, 0.25) is 10.0 Å². The van der Waals surface area contributed by atoms with Crippen molar-refractivity contribution < 1.29 is 4.79 Å². The van der Waals surface area contributed by atoms with Crippen LogP contribution < -0.4 is 5.32 Å². The van der Waals surface area contributed by atoms with Crippen molar-refractivity contribution in [1.82, 2.24) is 9.55 Å². The van der Waals surface area contributed by atoms with Gasteiger partial charge in [-0.15, -0.1) is 11.6 Å². The normalized spacial score (nSPS) is 11.0. The van der Waals surface area contributed by atoms with E-state index >= 15 is 0 Å². The Bertz CT molecular complexity index is 916. The van der Waals surface area contributed by atoms with E-state index in [9.17, 15) is 4.79 Å². The molecule has 0 radical (unpaired) electrons. The highest BCUT2D eigenvalue weighted by Gasteiger charge is 2.17. The van der Waals surface area contributed by atoms with Gasteiger partial charge >= 0.3 is 0 Å². The van der Waals surface area contributed by atoms with E-state index in [1.165, 1.54) is 0 Å². The van der Waals surface area contributed by atoms with Gasteiger partial charge in [0.1, 0.15) is 11.3 Å². The number of benzene rings is 2. The minimum absolute atomic E-state index is 0.251. The fraction of sp³-hybridized carbons (Fsp3) is 0.222. The number of nitrogens with zero attached hydrogens (tertiary/aromatic N) is 2. The van der Waals surface area contributed by atoms with Gasteiger partial charge in [-0.05, 0) is 37.6 Å². The van der Waals surface area contributed by atoms with E-state index in [2.05, 4.69) is 14.9 Å². The van der Waals surface area contributed by atoms with E-state index in [0.29, 0.717) is 21.6 Å². The number of rotatable bonds is 5. The van der Waals surface area contributed by atoms with E-state index in [1.54, 1.807) is 18.2 Å². The summed E-state index contributed by atoms with van der Waals surface area (Å²) >= 11 is 18.0. The molecule has 0 atom stereocenters. The maximum atomic E-state index is 12.6. The lowest BCUT2D eigenvalue weighted by Gasteiger charge is -2.09. The standard InChI is InChI=1S/C18H16Cl3N3O/c1-11-22-17-14(7-3-8-15(17)24(11)10-4-9-19)23-18(25)16-12(20)5-2-6-13(16)21/h2-3,5-8H,4,9-10H2,1H3,(H,23,25). The summed E-state index contributed by atoms with van der Waals surface area (Å²) in [7, 11) is 0. The van der Waals surface area contributed by atoms with E-state index in [4.69, 9.17) is 34.8 Å². The molecule has 1 amide bonds. The van der Waals surface area contributed by atoms with Crippen LogP contribution in [0.4, 0.5) is 5.69 Å². The Morgan fingerprint density at radius 1 is 1.16 bits per heavy atom. The molecule has 25 heavy (non-hydrogen) atoms. The Labute approximate surface area is 160 Å². The van der Waals surface area contributed by atoms with Crippen molar-refractivity contribution in [2.24, 2.45) is 0 Å². The second-order valence-corrected chi connectivity index (χ2v) is 6.77. The Morgan fingerprint density at radius 2 is 1.84 bits per heavy atom. The SMILES string of the molecule is Cc1nc2c(NC(=O)c3c(Cl)cccc3Cl)cccc2n1CCCCl. The van der Waals surface area contributed by atoms with Crippen LogP contribution >= 0.6 is 34.8 Å². The molecular weight excluding hydrogens is 381 g/mol. The molecule has 0 aliphatic rings. The summed E-state index contributed by atoms with van der Waals surface area (Å²) in [5.41, 5.74) is 2.55. The second kappa shape index (κ2) is 7.65. The van der Waals surface area contributed by atoms with E-state index < -0.39 is 0 Å². The first-order valence-corrected chi connectivity index (χ1v) is 9.09. The number of amides is 1. The third-order valence-electron chi connectivity index (χ3n) is 3.92. The van der Waals surface area contributed by atoms with Crippen LogP contribution in [0.5, 0.6) is 0 Å². The second-order valence-electron chi connectivity index (χ2n) is 5.58. The van der Waals surface area contributed by atoms with Crippen molar-refractivity contribution in [2.45, 2.75) is 19.9 Å². The number of hydrogen-bond acceptors (Lipinski definition) is 2. The van der Waals surface area contributed by atoms with E-state index in [1.807, 2.05) is 25.1 Å². The lowest BCUT2D eigenvalue weighted by Crippen LogP contribution is -2.13. The molecular formula is C18H16Cl3N3O. The third-order valence-corrected chi connectivity index (χ3v) is 4.82. The number of halogens is 3. The van der Waals surface area contributed by atoms with Gasteiger partial charge in [0.2, 0.25) is 0 Å². The molecule has 0 aliphatic heterocycles. The van der Waals surface area contributed by atoms with Crippen LogP contribution in [0.15, 0.2) is 36.4 Å². The van der Waals surface area contributed by atoms with Gasteiger partial charge in [0, 0.05) is 12.4 Å². The number of carbonyl (C=O) groups excluding carboxylic acids is 1. The molecule has 7 heteroatoms. The minimum atomic E-state index is -0.365. The minimum Gasteiger partial charge on any atom is -0.328 e. The molecule has 3 aromatic rings. The molecule has 0 spiro atoms. The number of aromatic nitrogens is 2. The topological polar surface area (TPSA) is 46.9 Å². The summed E-state index contributed by atoms with van der Waals surface area (Å²) in [6.07, 6.45) is 0.847. The molecule has 3 rings (SSSR count). The lowest BCUT2D eigenvalue weighted by atomic mass is 10.2. The van der Waals surface area contributed by atoms with Gasteiger partial charge in [-0.1, -0.05) is 35.3 Å². The lowest BCUT2D eigenvalue weighted by molar-refractivity contribution is 0.102. The Kier molecular flexibility index (Phi) is 5.52. The van der Waals surface area contributed by atoms with Crippen LogP contribution in [-0.2, 0) is 6.54 Å². The summed E-state index contributed by atoms with van der Waals surface area (Å²) in [6.45, 7) is 2.71. The Balaban J connectivity index is 1.98. The maximum Gasteiger partial charge on any atom is 0.258 e. The van der Waals surface area contributed by atoms with Crippen LogP contribution in [-0.4, -0.2) is 21.3 Å². The maximum absolute atomic E-state index is 12.6. The predicted octanol–water partition coefficient (Wildman–Crippen LogP) is 5.53. The third kappa shape index (κ3) is 3.61. The van der Waals surface area contributed by atoms with Crippen LogP contribution in [0, 0.1) is 6.92 Å². The average molecular weight is 397 g/mol. The number of para-hydroxylation sites is 1. The molecule has 1 aromatic heterocycles. The monoisotopic (exact) mass is 395 g/mol. The molecule has 0 aliphatic carbocycles. The van der Waals surface area contributed by atoms with Gasteiger partial charge in [0.15, 0.2) is 0 Å². The van der Waals surface area contributed by atoms with Gasteiger partial charge in [-0.3, -0.25) is 4.79 Å². The molecule has 0 saturated heterocycles. The van der Waals surface area contributed by atoms with Crippen LogP contribution in [0.3, 0.4) is 0 Å². The van der Waals surface area contributed by atoms with Crippen LogP contribution in [0.25, 0.3) is 11.0 Å². The summed E-state index contributed by atoms with van der Waals surface area (Å²) in [6, 6.07) is 10.6. The molecule has 0 saturated carbocycles. The van der Waals surface area contributed by atoms with Crippen molar-refractivity contribution in [2.75, 3.05) is 11.2 Å². The van der Waals surface area contributed by atoms with Crippen molar-refractivity contribution in [1.29, 1.82) is 0 Å². The van der Waals surface area contributed by atoms with E-state index in [-0.39, 0.29) is 11.5 Å². The summed E-state index contributed by atoms with van der Waals surface area (Å²) < 4.78 is 2.09. The highest BCUT2D eigenvalue weighted by molar-refractivity contribution is 6.40. The fourth-order valence-corrected chi connectivity index (χ4v) is 3.45. The van der Waals surface area contributed by atoms with Gasteiger partial charge in [0.25, 0.3) is 5.91 Å². The van der Waals surface area contributed by atoms with Crippen molar-refractivity contribution in [3.8, 4) is 0 Å². The van der Waals surface area contributed by atoms with Crippen molar-refractivity contribution in [3.05, 3.63) is 57.8 Å². The zero-order chi connectivity index (χ0) is 18.0. The number of hydrogen-bond donors (Lipinski definition) is 1. The highest BCUT2D eigenvalue weighted by atomic mass is 35.5. The molecule has 130 valence electrons. The fourth-order valence-electron chi connectivity index (χ4n) is 2.76. The zero-order valence-electron chi connectivity index (χ0n) is 13.5.